The van der Waals surface area contributed by atoms with Crippen molar-refractivity contribution < 1.29 is 18.5 Å². The van der Waals surface area contributed by atoms with Crippen LogP contribution in [0, 0.1) is 12.7 Å². The highest BCUT2D eigenvalue weighted by atomic mass is 19.1. The summed E-state index contributed by atoms with van der Waals surface area (Å²) in [6.45, 7) is 3.25. The lowest BCUT2D eigenvalue weighted by Gasteiger charge is -2.07. The Kier molecular flexibility index (Phi) is 4.79. The van der Waals surface area contributed by atoms with Crippen molar-refractivity contribution in [3.8, 4) is 11.3 Å². The fourth-order valence-electron chi connectivity index (χ4n) is 2.32. The quantitative estimate of drug-likeness (QED) is 0.742. The van der Waals surface area contributed by atoms with Crippen LogP contribution in [0.4, 0.5) is 15.8 Å². The molecule has 26 heavy (non-hydrogen) atoms. The number of aryl methyl sites for hydroxylation is 1. The molecule has 0 aliphatic rings. The molecular formula is C19H16FN3O3. The fraction of sp³-hybridized carbons (Fsp3) is 0.105. The van der Waals surface area contributed by atoms with E-state index in [-0.39, 0.29) is 11.4 Å². The summed E-state index contributed by atoms with van der Waals surface area (Å²) in [5.41, 5.74) is 2.77. The Morgan fingerprint density at radius 2 is 1.77 bits per heavy atom. The molecule has 0 unspecified atom stereocenters. The normalized spacial score (nSPS) is 10.4. The summed E-state index contributed by atoms with van der Waals surface area (Å²) in [5, 5.41) is 8.83. The molecule has 3 aromatic rings. The third kappa shape index (κ3) is 3.94. The van der Waals surface area contributed by atoms with E-state index < -0.39 is 17.6 Å². The minimum Gasteiger partial charge on any atom is -0.350 e. The minimum absolute atomic E-state index is 0.0194. The smallest absolute Gasteiger partial charge is 0.294 e. The van der Waals surface area contributed by atoms with E-state index in [1.165, 1.54) is 25.1 Å². The number of benzene rings is 2. The molecule has 6 nitrogen and oxygen atoms in total. The van der Waals surface area contributed by atoms with E-state index in [0.717, 1.165) is 17.2 Å². The number of nitrogens with one attached hydrogen (secondary N) is 2. The molecule has 2 N–H and O–H groups in total. The number of aromatic nitrogens is 1. The lowest BCUT2D eigenvalue weighted by atomic mass is 10.1. The molecule has 0 spiro atoms. The zero-order valence-corrected chi connectivity index (χ0v) is 14.2. The van der Waals surface area contributed by atoms with Gasteiger partial charge in [0.05, 0.1) is 5.69 Å². The van der Waals surface area contributed by atoms with E-state index in [1.807, 2.05) is 31.2 Å². The summed E-state index contributed by atoms with van der Waals surface area (Å²) in [7, 11) is 0. The Labute approximate surface area is 149 Å². The van der Waals surface area contributed by atoms with Crippen molar-refractivity contribution in [3.05, 3.63) is 65.7 Å². The number of hydrogen-bond donors (Lipinski definition) is 2. The third-order valence-corrected chi connectivity index (χ3v) is 3.62. The van der Waals surface area contributed by atoms with E-state index in [0.29, 0.717) is 11.4 Å². The molecule has 0 atom stereocenters. The van der Waals surface area contributed by atoms with E-state index in [2.05, 4.69) is 15.8 Å². The molecule has 0 aliphatic heterocycles. The first-order valence-electron chi connectivity index (χ1n) is 7.84. The lowest BCUT2D eigenvalue weighted by Crippen LogP contribution is -2.12. The van der Waals surface area contributed by atoms with Crippen molar-refractivity contribution >= 4 is 23.2 Å². The molecular weight excluding hydrogens is 337 g/mol. The molecule has 0 saturated carbocycles. The summed E-state index contributed by atoms with van der Waals surface area (Å²) in [5.74, 6) is -1.52. The highest BCUT2D eigenvalue weighted by molar-refractivity contribution is 6.03. The molecule has 1 aromatic heterocycles. The standard InChI is InChI=1S/C19H16FN3O3/c1-11-3-5-13(6-4-11)16-10-18(26-23-16)19(25)22-14-7-8-15(20)17(9-14)21-12(2)24/h3-10H,1-2H3,(H,21,24)(H,22,25). The number of nitrogens with zero attached hydrogens (tertiary/aromatic N) is 1. The molecule has 1 heterocycles. The predicted molar refractivity (Wildman–Crippen MR) is 95.3 cm³/mol. The van der Waals surface area contributed by atoms with Gasteiger partial charge in [0.1, 0.15) is 11.5 Å². The Morgan fingerprint density at radius 1 is 1.04 bits per heavy atom. The van der Waals surface area contributed by atoms with Crippen molar-refractivity contribution in [1.82, 2.24) is 5.16 Å². The average molecular weight is 353 g/mol. The fourth-order valence-corrected chi connectivity index (χ4v) is 2.32. The Hall–Kier alpha value is -3.48. The monoisotopic (exact) mass is 353 g/mol. The van der Waals surface area contributed by atoms with Crippen LogP contribution in [0.1, 0.15) is 23.0 Å². The maximum atomic E-state index is 13.7. The second-order valence-corrected chi connectivity index (χ2v) is 5.77. The van der Waals surface area contributed by atoms with E-state index in [1.54, 1.807) is 0 Å². The van der Waals surface area contributed by atoms with Crippen molar-refractivity contribution in [3.63, 3.8) is 0 Å². The van der Waals surface area contributed by atoms with Gasteiger partial charge >= 0.3 is 0 Å². The molecule has 0 saturated heterocycles. The molecule has 2 aromatic carbocycles. The van der Waals surface area contributed by atoms with Gasteiger partial charge in [0.25, 0.3) is 5.91 Å². The molecule has 0 bridgehead atoms. The van der Waals surface area contributed by atoms with Gasteiger partial charge in [0.15, 0.2) is 0 Å². The van der Waals surface area contributed by atoms with Gasteiger partial charge in [-0.2, -0.15) is 0 Å². The van der Waals surface area contributed by atoms with Crippen LogP contribution in [0.5, 0.6) is 0 Å². The number of rotatable bonds is 4. The van der Waals surface area contributed by atoms with E-state index in [4.69, 9.17) is 4.52 Å². The van der Waals surface area contributed by atoms with Crippen LogP contribution in [-0.4, -0.2) is 17.0 Å². The maximum Gasteiger partial charge on any atom is 0.294 e. The van der Waals surface area contributed by atoms with Gasteiger partial charge in [-0.1, -0.05) is 35.0 Å². The second-order valence-electron chi connectivity index (χ2n) is 5.77. The van der Waals surface area contributed by atoms with Crippen LogP contribution in [0.25, 0.3) is 11.3 Å². The number of carbonyl (C=O) groups excluding carboxylic acids is 2. The van der Waals surface area contributed by atoms with Crippen molar-refractivity contribution in [2.24, 2.45) is 0 Å². The lowest BCUT2D eigenvalue weighted by molar-refractivity contribution is -0.114. The van der Waals surface area contributed by atoms with Gasteiger partial charge in [0, 0.05) is 24.2 Å². The summed E-state index contributed by atoms with van der Waals surface area (Å²) >= 11 is 0. The molecule has 132 valence electrons. The average Bonchev–Trinajstić information content (AvgIpc) is 3.08. The molecule has 0 aliphatic carbocycles. The minimum atomic E-state index is -0.598. The number of anilines is 2. The van der Waals surface area contributed by atoms with E-state index in [9.17, 15) is 14.0 Å². The van der Waals surface area contributed by atoms with Crippen molar-refractivity contribution in [2.45, 2.75) is 13.8 Å². The number of amides is 2. The Morgan fingerprint density at radius 3 is 2.46 bits per heavy atom. The van der Waals surface area contributed by atoms with Crippen LogP contribution in [0.3, 0.4) is 0 Å². The second kappa shape index (κ2) is 7.18. The van der Waals surface area contributed by atoms with Crippen LogP contribution in [0.15, 0.2) is 53.1 Å². The van der Waals surface area contributed by atoms with Gasteiger partial charge < -0.3 is 15.2 Å². The van der Waals surface area contributed by atoms with Crippen LogP contribution in [-0.2, 0) is 4.79 Å². The predicted octanol–water partition coefficient (Wildman–Crippen LogP) is 4.00. The zero-order valence-electron chi connectivity index (χ0n) is 14.2. The van der Waals surface area contributed by atoms with Gasteiger partial charge in [-0.3, -0.25) is 9.59 Å². The Balaban J connectivity index is 1.76. The first-order valence-corrected chi connectivity index (χ1v) is 7.84. The topological polar surface area (TPSA) is 84.2 Å². The van der Waals surface area contributed by atoms with Crippen LogP contribution < -0.4 is 10.6 Å². The summed E-state index contributed by atoms with van der Waals surface area (Å²) in [4.78, 5) is 23.4. The first kappa shape index (κ1) is 17.3. The molecule has 3 rings (SSSR count). The largest absolute Gasteiger partial charge is 0.350 e. The highest BCUT2D eigenvalue weighted by Crippen LogP contribution is 2.22. The summed E-state index contributed by atoms with van der Waals surface area (Å²) in [6, 6.07) is 13.0. The van der Waals surface area contributed by atoms with Gasteiger partial charge in [0.2, 0.25) is 11.7 Å². The van der Waals surface area contributed by atoms with Crippen molar-refractivity contribution in [2.75, 3.05) is 10.6 Å². The van der Waals surface area contributed by atoms with Crippen LogP contribution in [0.2, 0.25) is 0 Å². The molecule has 2 amide bonds. The summed E-state index contributed by atoms with van der Waals surface area (Å²) in [6.07, 6.45) is 0. The number of halogens is 1. The Bertz CT molecular complexity index is 964. The molecule has 0 radical (unpaired) electrons. The number of hydrogen-bond acceptors (Lipinski definition) is 4. The number of carbonyl (C=O) groups is 2. The van der Waals surface area contributed by atoms with Gasteiger partial charge in [-0.05, 0) is 25.1 Å². The SMILES string of the molecule is CC(=O)Nc1cc(NC(=O)c2cc(-c3ccc(C)cc3)no2)ccc1F. The maximum absolute atomic E-state index is 13.7. The molecule has 0 fully saturated rings. The van der Waals surface area contributed by atoms with Crippen molar-refractivity contribution in [1.29, 1.82) is 0 Å². The van der Waals surface area contributed by atoms with Crippen LogP contribution >= 0.6 is 0 Å². The first-order chi connectivity index (χ1) is 12.4. The zero-order chi connectivity index (χ0) is 18.7. The van der Waals surface area contributed by atoms with Gasteiger partial charge in [-0.15, -0.1) is 0 Å². The van der Waals surface area contributed by atoms with E-state index >= 15 is 0 Å². The summed E-state index contributed by atoms with van der Waals surface area (Å²) < 4.78 is 18.7. The highest BCUT2D eigenvalue weighted by Gasteiger charge is 2.15. The van der Waals surface area contributed by atoms with Gasteiger partial charge in [-0.25, -0.2) is 4.39 Å². The molecule has 7 heteroatoms. The third-order valence-electron chi connectivity index (χ3n) is 3.62.